The summed E-state index contributed by atoms with van der Waals surface area (Å²) in [5.74, 6) is 1.65. The minimum Gasteiger partial charge on any atom is -0.131 e. The first kappa shape index (κ1) is 13.8. The molecule has 2 aliphatic rings. The SMILES string of the molecule is Brc1sc2c(sc3c4sc(Br)c(C5CC5)c4sc23)c1C1CC1. The highest BCUT2D eigenvalue weighted by Gasteiger charge is 2.33. The number of hydrogen-bond donors (Lipinski definition) is 0. The summed E-state index contributed by atoms with van der Waals surface area (Å²) in [6.07, 6.45) is 5.51. The van der Waals surface area contributed by atoms with Gasteiger partial charge in [0.1, 0.15) is 0 Å². The highest BCUT2D eigenvalue weighted by molar-refractivity contribution is 9.11. The Labute approximate surface area is 160 Å². The maximum atomic E-state index is 3.83. The Kier molecular flexibility index (Phi) is 2.87. The lowest BCUT2D eigenvalue weighted by molar-refractivity contribution is 1.16. The Morgan fingerprint density at radius 2 is 0.909 bits per heavy atom. The third-order valence-electron chi connectivity index (χ3n) is 4.71. The summed E-state index contributed by atoms with van der Waals surface area (Å²) >= 11 is 15.7. The van der Waals surface area contributed by atoms with E-state index < -0.39 is 0 Å². The van der Waals surface area contributed by atoms with Crippen LogP contribution in [0, 0.1) is 0 Å². The molecule has 4 heterocycles. The van der Waals surface area contributed by atoms with Crippen LogP contribution in [0.3, 0.4) is 0 Å². The Morgan fingerprint density at radius 1 is 0.545 bits per heavy atom. The summed E-state index contributed by atoms with van der Waals surface area (Å²) < 4.78 is 12.1. The largest absolute Gasteiger partial charge is 0.131 e. The van der Waals surface area contributed by atoms with E-state index in [4.69, 9.17) is 0 Å². The van der Waals surface area contributed by atoms with E-state index in [1.54, 1.807) is 39.3 Å². The van der Waals surface area contributed by atoms with E-state index in [2.05, 4.69) is 31.9 Å². The number of thiophene rings is 4. The van der Waals surface area contributed by atoms with E-state index in [1.807, 2.05) is 45.3 Å². The number of halogens is 2. The van der Waals surface area contributed by atoms with Crippen LogP contribution in [0.2, 0.25) is 0 Å². The van der Waals surface area contributed by atoms with Gasteiger partial charge in [0, 0.05) is 0 Å². The molecule has 4 aromatic rings. The first-order valence-corrected chi connectivity index (χ1v) is 12.3. The first-order chi connectivity index (χ1) is 10.7. The molecular formula is C16H10Br2S4. The van der Waals surface area contributed by atoms with Crippen LogP contribution >= 0.6 is 77.2 Å². The number of fused-ring (bicyclic) bond motifs is 5. The van der Waals surface area contributed by atoms with Crippen LogP contribution in [-0.2, 0) is 0 Å². The van der Waals surface area contributed by atoms with E-state index in [0.29, 0.717) is 0 Å². The molecule has 0 spiro atoms. The molecule has 2 saturated carbocycles. The average Bonchev–Trinajstić information content (AvgIpc) is 3.36. The average molecular weight is 490 g/mol. The van der Waals surface area contributed by atoms with Gasteiger partial charge in [0.05, 0.1) is 35.8 Å². The predicted molar refractivity (Wildman–Crippen MR) is 110 cm³/mol. The Balaban J connectivity index is 1.73. The van der Waals surface area contributed by atoms with Gasteiger partial charge in [-0.15, -0.1) is 45.3 Å². The molecule has 0 amide bonds. The molecule has 2 fully saturated rings. The molecule has 0 N–H and O–H groups in total. The van der Waals surface area contributed by atoms with Gasteiger partial charge in [-0.1, -0.05) is 0 Å². The fourth-order valence-corrected chi connectivity index (χ4v) is 11.5. The van der Waals surface area contributed by atoms with Gasteiger partial charge in [0.2, 0.25) is 0 Å². The molecule has 0 radical (unpaired) electrons. The maximum absolute atomic E-state index is 3.83. The van der Waals surface area contributed by atoms with Gasteiger partial charge in [-0.05, 0) is 80.5 Å². The molecule has 0 atom stereocenters. The summed E-state index contributed by atoms with van der Waals surface area (Å²) in [7, 11) is 0. The van der Waals surface area contributed by atoms with Crippen LogP contribution in [0.25, 0.3) is 28.2 Å². The second kappa shape index (κ2) is 4.58. The third-order valence-corrected chi connectivity index (χ3v) is 11.7. The summed E-state index contributed by atoms with van der Waals surface area (Å²) in [5, 5.41) is 0. The van der Waals surface area contributed by atoms with Crippen molar-refractivity contribution in [2.45, 2.75) is 37.5 Å². The normalized spacial score (nSPS) is 19.2. The van der Waals surface area contributed by atoms with Crippen molar-refractivity contribution in [2.24, 2.45) is 0 Å². The topological polar surface area (TPSA) is 0 Å². The van der Waals surface area contributed by atoms with Crippen LogP contribution < -0.4 is 0 Å². The van der Waals surface area contributed by atoms with Crippen molar-refractivity contribution in [1.82, 2.24) is 0 Å². The lowest BCUT2D eigenvalue weighted by Gasteiger charge is -1.93. The van der Waals surface area contributed by atoms with Gasteiger partial charge < -0.3 is 0 Å². The monoisotopic (exact) mass is 488 g/mol. The van der Waals surface area contributed by atoms with Gasteiger partial charge in [-0.25, -0.2) is 0 Å². The lowest BCUT2D eigenvalue weighted by atomic mass is 10.2. The van der Waals surface area contributed by atoms with Gasteiger partial charge in [-0.3, -0.25) is 0 Å². The molecule has 6 heteroatoms. The molecule has 6 rings (SSSR count). The zero-order chi connectivity index (χ0) is 14.6. The minimum atomic E-state index is 0.823. The van der Waals surface area contributed by atoms with Crippen molar-refractivity contribution in [3.05, 3.63) is 18.7 Å². The van der Waals surface area contributed by atoms with E-state index in [-0.39, 0.29) is 0 Å². The Morgan fingerprint density at radius 3 is 1.27 bits per heavy atom. The number of rotatable bonds is 2. The van der Waals surface area contributed by atoms with Crippen LogP contribution in [0.5, 0.6) is 0 Å². The molecule has 4 aromatic heterocycles. The van der Waals surface area contributed by atoms with E-state index in [1.165, 1.54) is 33.3 Å². The van der Waals surface area contributed by atoms with Crippen molar-refractivity contribution in [2.75, 3.05) is 0 Å². The second-order valence-corrected chi connectivity index (χ2v) is 13.0. The lowest BCUT2D eigenvalue weighted by Crippen LogP contribution is -1.72. The Hall–Kier alpha value is 0.540. The van der Waals surface area contributed by atoms with Gasteiger partial charge >= 0.3 is 0 Å². The standard InChI is InChI=1S/C16H10Br2S4/c17-15-7(5-1-2-5)9-11(21-15)13-14(19-9)12-10(20-13)8(6-3-4-6)16(18)22-12/h5-6H,1-4H2. The number of hydrogen-bond acceptors (Lipinski definition) is 4. The van der Waals surface area contributed by atoms with Crippen molar-refractivity contribution in [3.8, 4) is 0 Å². The zero-order valence-corrected chi connectivity index (χ0v) is 17.8. The van der Waals surface area contributed by atoms with Gasteiger partial charge in [-0.2, -0.15) is 0 Å². The van der Waals surface area contributed by atoms with Crippen molar-refractivity contribution < 1.29 is 0 Å². The highest BCUT2D eigenvalue weighted by Crippen LogP contribution is 2.59. The molecule has 22 heavy (non-hydrogen) atoms. The van der Waals surface area contributed by atoms with Gasteiger partial charge in [0.15, 0.2) is 0 Å². The second-order valence-electron chi connectivity index (χ2n) is 6.31. The smallest absolute Gasteiger partial charge is 0.0754 e. The molecular weight excluding hydrogens is 480 g/mol. The summed E-state index contributed by atoms with van der Waals surface area (Å²) in [4.78, 5) is 0. The minimum absolute atomic E-state index is 0.823. The van der Waals surface area contributed by atoms with E-state index in [9.17, 15) is 0 Å². The van der Waals surface area contributed by atoms with E-state index in [0.717, 1.165) is 11.8 Å². The van der Waals surface area contributed by atoms with Crippen molar-refractivity contribution in [3.63, 3.8) is 0 Å². The third kappa shape index (κ3) is 1.77. The van der Waals surface area contributed by atoms with Crippen molar-refractivity contribution in [1.29, 1.82) is 0 Å². The summed E-state index contributed by atoms with van der Waals surface area (Å²) in [6, 6.07) is 0. The van der Waals surface area contributed by atoms with E-state index >= 15 is 0 Å². The Bertz CT molecular complexity index is 982. The van der Waals surface area contributed by atoms with Crippen molar-refractivity contribution >= 4 is 105 Å². The summed E-state index contributed by atoms with van der Waals surface area (Å²) in [5.41, 5.74) is 3.22. The molecule has 112 valence electrons. The highest BCUT2D eigenvalue weighted by atomic mass is 79.9. The molecule has 0 aliphatic heterocycles. The first-order valence-electron chi connectivity index (χ1n) is 7.47. The predicted octanol–water partition coefficient (Wildman–Crippen LogP) is 8.67. The molecule has 0 aromatic carbocycles. The van der Waals surface area contributed by atoms with Crippen LogP contribution in [0.15, 0.2) is 7.57 Å². The zero-order valence-electron chi connectivity index (χ0n) is 11.4. The molecule has 0 bridgehead atoms. The fourth-order valence-electron chi connectivity index (χ4n) is 3.34. The molecule has 0 nitrogen and oxygen atoms in total. The summed E-state index contributed by atoms with van der Waals surface area (Å²) in [6.45, 7) is 0. The van der Waals surface area contributed by atoms with Crippen LogP contribution in [0.1, 0.15) is 48.6 Å². The van der Waals surface area contributed by atoms with Crippen LogP contribution in [0.4, 0.5) is 0 Å². The fraction of sp³-hybridized carbons (Fsp3) is 0.375. The molecule has 0 unspecified atom stereocenters. The molecule has 0 saturated heterocycles. The quantitative estimate of drug-likeness (QED) is 0.264. The maximum Gasteiger partial charge on any atom is 0.0754 e. The molecule has 2 aliphatic carbocycles. The van der Waals surface area contributed by atoms with Gasteiger partial charge in [0.25, 0.3) is 0 Å². The van der Waals surface area contributed by atoms with Crippen LogP contribution in [-0.4, -0.2) is 0 Å².